The van der Waals surface area contributed by atoms with Crippen LogP contribution in [-0.2, 0) is 4.79 Å². The molecule has 1 amide bonds. The number of amides is 1. The Hall–Kier alpha value is -2.67. The summed E-state index contributed by atoms with van der Waals surface area (Å²) in [6.45, 7) is 1.79. The lowest BCUT2D eigenvalue weighted by molar-refractivity contribution is -0.113. The molecule has 1 aromatic carbocycles. The number of hydrogen-bond acceptors (Lipinski definition) is 6. The van der Waals surface area contributed by atoms with E-state index in [4.69, 9.17) is 4.52 Å². The van der Waals surface area contributed by atoms with E-state index in [0.29, 0.717) is 5.88 Å². The largest absolute Gasteiger partial charge is 0.338 e. The molecule has 0 bridgehead atoms. The molecule has 0 unspecified atom stereocenters. The van der Waals surface area contributed by atoms with Crippen LogP contribution in [-0.4, -0.2) is 26.8 Å². The van der Waals surface area contributed by atoms with Crippen LogP contribution in [0.25, 0.3) is 11.3 Å². The van der Waals surface area contributed by atoms with Gasteiger partial charge < -0.3 is 4.52 Å². The standard InChI is InChI=1S/C16H14N4O2S/c1-11-7-15(22-20-11)19-14(21)9-23-16-8-13(17-10-18-16)12-5-3-2-4-6-12/h2-8,10H,9H2,1H3,(H,19,21). The van der Waals surface area contributed by atoms with Crippen molar-refractivity contribution in [3.63, 3.8) is 0 Å². The number of carbonyl (C=O) groups excluding carboxylic acids is 1. The van der Waals surface area contributed by atoms with E-state index in [-0.39, 0.29) is 11.7 Å². The van der Waals surface area contributed by atoms with Crippen LogP contribution < -0.4 is 5.32 Å². The Bertz CT molecular complexity index is 805. The van der Waals surface area contributed by atoms with Crippen molar-refractivity contribution in [1.82, 2.24) is 15.1 Å². The van der Waals surface area contributed by atoms with Gasteiger partial charge in [0.25, 0.3) is 0 Å². The Balaban J connectivity index is 1.61. The molecule has 0 spiro atoms. The van der Waals surface area contributed by atoms with Gasteiger partial charge in [0.1, 0.15) is 11.4 Å². The van der Waals surface area contributed by atoms with Gasteiger partial charge in [-0.2, -0.15) is 0 Å². The number of rotatable bonds is 5. The van der Waals surface area contributed by atoms with E-state index in [0.717, 1.165) is 22.0 Å². The summed E-state index contributed by atoms with van der Waals surface area (Å²) >= 11 is 1.34. The predicted octanol–water partition coefficient (Wildman–Crippen LogP) is 3.17. The minimum Gasteiger partial charge on any atom is -0.338 e. The van der Waals surface area contributed by atoms with Crippen LogP contribution in [0.2, 0.25) is 0 Å². The fourth-order valence-corrected chi connectivity index (χ4v) is 2.59. The molecule has 1 N–H and O–H groups in total. The van der Waals surface area contributed by atoms with Crippen molar-refractivity contribution in [2.24, 2.45) is 0 Å². The molecule has 7 heteroatoms. The second-order valence-corrected chi connectivity index (χ2v) is 5.77. The van der Waals surface area contributed by atoms with Gasteiger partial charge in [0.15, 0.2) is 0 Å². The number of thioether (sulfide) groups is 1. The average Bonchev–Trinajstić information content (AvgIpc) is 2.99. The normalized spacial score (nSPS) is 10.5. The molecule has 0 fully saturated rings. The summed E-state index contributed by atoms with van der Waals surface area (Å²) < 4.78 is 4.95. The minimum atomic E-state index is -0.175. The molecule has 2 heterocycles. The molecular weight excluding hydrogens is 312 g/mol. The summed E-state index contributed by atoms with van der Waals surface area (Å²) in [7, 11) is 0. The molecule has 2 aromatic heterocycles. The second-order valence-electron chi connectivity index (χ2n) is 4.78. The van der Waals surface area contributed by atoms with Crippen molar-refractivity contribution in [3.05, 3.63) is 54.5 Å². The number of anilines is 1. The fraction of sp³-hybridized carbons (Fsp3) is 0.125. The average molecular weight is 326 g/mol. The highest BCUT2D eigenvalue weighted by molar-refractivity contribution is 7.99. The third-order valence-electron chi connectivity index (χ3n) is 2.95. The maximum atomic E-state index is 11.9. The van der Waals surface area contributed by atoms with Crippen LogP contribution in [0.3, 0.4) is 0 Å². The molecule has 0 aliphatic heterocycles. The van der Waals surface area contributed by atoms with E-state index in [9.17, 15) is 4.79 Å². The first-order chi connectivity index (χ1) is 11.2. The topological polar surface area (TPSA) is 80.9 Å². The van der Waals surface area contributed by atoms with Crippen LogP contribution in [0, 0.1) is 6.92 Å². The molecule has 0 saturated carbocycles. The van der Waals surface area contributed by atoms with E-state index < -0.39 is 0 Å². The smallest absolute Gasteiger partial charge is 0.237 e. The van der Waals surface area contributed by atoms with Crippen molar-refractivity contribution in [2.45, 2.75) is 11.9 Å². The first-order valence-electron chi connectivity index (χ1n) is 6.94. The summed E-state index contributed by atoms with van der Waals surface area (Å²) in [5, 5.41) is 7.10. The van der Waals surface area contributed by atoms with Gasteiger partial charge in [0.05, 0.1) is 17.1 Å². The number of aryl methyl sites for hydroxylation is 1. The fourth-order valence-electron chi connectivity index (χ4n) is 1.92. The van der Waals surface area contributed by atoms with Crippen LogP contribution >= 0.6 is 11.8 Å². The first kappa shape index (κ1) is 15.2. The third-order valence-corrected chi connectivity index (χ3v) is 3.88. The number of benzene rings is 1. The number of nitrogens with zero attached hydrogens (tertiary/aromatic N) is 3. The summed E-state index contributed by atoms with van der Waals surface area (Å²) in [6.07, 6.45) is 1.50. The quantitative estimate of drug-likeness (QED) is 0.573. The van der Waals surface area contributed by atoms with Crippen molar-refractivity contribution in [1.29, 1.82) is 0 Å². The van der Waals surface area contributed by atoms with E-state index in [1.165, 1.54) is 18.1 Å². The zero-order valence-corrected chi connectivity index (χ0v) is 13.2. The number of hydrogen-bond donors (Lipinski definition) is 1. The maximum absolute atomic E-state index is 11.9. The van der Waals surface area contributed by atoms with E-state index in [1.54, 1.807) is 13.0 Å². The predicted molar refractivity (Wildman–Crippen MR) is 88.1 cm³/mol. The molecule has 6 nitrogen and oxygen atoms in total. The Morgan fingerprint density at radius 3 is 2.78 bits per heavy atom. The highest BCUT2D eigenvalue weighted by Gasteiger charge is 2.09. The molecule has 0 saturated heterocycles. The monoisotopic (exact) mass is 326 g/mol. The lowest BCUT2D eigenvalue weighted by atomic mass is 10.1. The molecule has 0 radical (unpaired) electrons. The Kier molecular flexibility index (Phi) is 4.68. The van der Waals surface area contributed by atoms with E-state index in [1.807, 2.05) is 36.4 Å². The molecular formula is C16H14N4O2S. The van der Waals surface area contributed by atoms with Crippen molar-refractivity contribution < 1.29 is 9.32 Å². The zero-order chi connectivity index (χ0) is 16.1. The summed E-state index contributed by atoms with van der Waals surface area (Å²) in [5.74, 6) is 0.400. The number of nitrogens with one attached hydrogen (secondary N) is 1. The summed E-state index contributed by atoms with van der Waals surface area (Å²) in [6, 6.07) is 13.4. The zero-order valence-electron chi connectivity index (χ0n) is 12.4. The van der Waals surface area contributed by atoms with Crippen LogP contribution in [0.15, 0.2) is 58.3 Å². The molecule has 0 aliphatic rings. The Morgan fingerprint density at radius 2 is 2.04 bits per heavy atom. The van der Waals surface area contributed by atoms with Gasteiger partial charge in [-0.15, -0.1) is 0 Å². The summed E-state index contributed by atoms with van der Waals surface area (Å²) in [4.78, 5) is 20.3. The van der Waals surface area contributed by atoms with Crippen molar-refractivity contribution >= 4 is 23.6 Å². The maximum Gasteiger partial charge on any atom is 0.237 e. The van der Waals surface area contributed by atoms with Gasteiger partial charge in [-0.25, -0.2) is 9.97 Å². The molecule has 116 valence electrons. The van der Waals surface area contributed by atoms with Gasteiger partial charge in [0, 0.05) is 11.6 Å². The van der Waals surface area contributed by atoms with E-state index >= 15 is 0 Å². The molecule has 0 aliphatic carbocycles. The van der Waals surface area contributed by atoms with Gasteiger partial charge in [-0.3, -0.25) is 10.1 Å². The van der Waals surface area contributed by atoms with Crippen LogP contribution in [0.1, 0.15) is 5.69 Å². The minimum absolute atomic E-state index is 0.175. The van der Waals surface area contributed by atoms with Gasteiger partial charge in [-0.05, 0) is 13.0 Å². The molecule has 0 atom stereocenters. The Labute approximate surface area is 137 Å². The molecule has 3 rings (SSSR count). The van der Waals surface area contributed by atoms with Gasteiger partial charge in [-0.1, -0.05) is 47.3 Å². The SMILES string of the molecule is Cc1cc(NC(=O)CSc2cc(-c3ccccc3)ncn2)on1. The highest BCUT2D eigenvalue weighted by atomic mass is 32.2. The lowest BCUT2D eigenvalue weighted by Crippen LogP contribution is -2.13. The van der Waals surface area contributed by atoms with Crippen LogP contribution in [0.5, 0.6) is 0 Å². The second kappa shape index (κ2) is 7.06. The van der Waals surface area contributed by atoms with Gasteiger partial charge in [0.2, 0.25) is 11.8 Å². The van der Waals surface area contributed by atoms with Crippen molar-refractivity contribution in [2.75, 3.05) is 11.1 Å². The van der Waals surface area contributed by atoms with Crippen molar-refractivity contribution in [3.8, 4) is 11.3 Å². The first-order valence-corrected chi connectivity index (χ1v) is 7.93. The van der Waals surface area contributed by atoms with Crippen LogP contribution in [0.4, 0.5) is 5.88 Å². The molecule has 23 heavy (non-hydrogen) atoms. The molecule has 3 aromatic rings. The lowest BCUT2D eigenvalue weighted by Gasteiger charge is -2.04. The highest BCUT2D eigenvalue weighted by Crippen LogP contribution is 2.22. The Morgan fingerprint density at radius 1 is 1.22 bits per heavy atom. The summed E-state index contributed by atoms with van der Waals surface area (Å²) in [5.41, 5.74) is 2.56. The van der Waals surface area contributed by atoms with Gasteiger partial charge >= 0.3 is 0 Å². The number of aromatic nitrogens is 3. The van der Waals surface area contributed by atoms with E-state index in [2.05, 4.69) is 20.4 Å². The number of carbonyl (C=O) groups is 1. The third kappa shape index (κ3) is 4.17.